The fourth-order valence-corrected chi connectivity index (χ4v) is 18.1. The highest BCUT2D eigenvalue weighted by molar-refractivity contribution is 7.00. The van der Waals surface area contributed by atoms with E-state index in [-0.39, 0.29) is 23.0 Å². The van der Waals surface area contributed by atoms with Gasteiger partial charge < -0.3 is 14.4 Å². The Balaban J connectivity index is 0.979. The fourth-order valence-electron chi connectivity index (χ4n) is 18.1. The second kappa shape index (κ2) is 24.1. The maximum Gasteiger partial charge on any atom is 0.252 e. The minimum Gasteiger partial charge on any atom is -0.310 e. The number of rotatable bonds is 9. The third-order valence-corrected chi connectivity index (χ3v) is 23.3. The van der Waals surface area contributed by atoms with Crippen LogP contribution in [0.3, 0.4) is 0 Å². The summed E-state index contributed by atoms with van der Waals surface area (Å²) in [5.74, 6) is 1.07. The predicted octanol–water partition coefficient (Wildman–Crippen LogP) is 24.8. The standard InChI is InChI=1S/C100H84BN3/c1-98(2,3)75-53-72-45-43-70-51-74(52-71-44-46-73(54-75)94(72)93(70)71)69-47-49-85-90(56-69)104(97-83(66-35-21-13-22-36-66)59-77(100(7,8)9)60-84(97)67-37-23-14-24-38-67)92-62-78(102-87-41-27-25-39-79(87)80-40-26-28-42-88(80)102)61-91-95(92)101(85)86-55-68(63-29-15-10-16-30-63)48-50-89(86)103(91)96-81(64-31-17-11-18-32-64)57-76(99(4,5)6)58-82(96)65-33-19-12-20-34-65/h10-43,45-62,71,93-94H,44H2,1-9H3. The number of aromatic nitrogens is 1. The Kier molecular flexibility index (Phi) is 14.7. The van der Waals surface area contributed by atoms with E-state index in [0.29, 0.717) is 17.8 Å². The van der Waals surface area contributed by atoms with Gasteiger partial charge in [-0.05, 0) is 184 Å². The lowest BCUT2D eigenvalue weighted by Crippen LogP contribution is -2.61. The van der Waals surface area contributed by atoms with Crippen LogP contribution in [0.5, 0.6) is 0 Å². The van der Waals surface area contributed by atoms with Gasteiger partial charge in [0.05, 0.1) is 28.1 Å². The fraction of sp³-hybridized carbons (Fsp3) is 0.160. The molecule has 104 heavy (non-hydrogen) atoms. The van der Waals surface area contributed by atoms with Crippen molar-refractivity contribution >= 4 is 84.6 Å². The SMILES string of the molecule is CC(C)(C)C1=CC2=CCC3C=C(c4ccc5c(c4)N(c4c(-c6ccccc6)cc(C(C)(C)C)cc4-c4ccccc4)c4cc(-n6c7ccccc7c7ccccc76)cc6c4B5c4cc(-c5ccccc5)ccc4N6c4c(-c5ccccc5)cc(C(C)(C)C)cc4-c4ccccc4)C=C4C=CC(=C1)C2C43. The molecule has 13 aromatic rings. The average molecular weight is 1340 g/mol. The van der Waals surface area contributed by atoms with Crippen LogP contribution in [-0.2, 0) is 10.8 Å². The molecule has 4 heteroatoms. The zero-order valence-corrected chi connectivity index (χ0v) is 60.9. The number of hydrogen-bond donors (Lipinski definition) is 0. The van der Waals surface area contributed by atoms with Crippen LogP contribution in [0, 0.1) is 23.2 Å². The molecule has 0 bridgehead atoms. The van der Waals surface area contributed by atoms with Crippen molar-refractivity contribution in [3.8, 4) is 61.3 Å². The predicted molar refractivity (Wildman–Crippen MR) is 443 cm³/mol. The Hall–Kier alpha value is -11.5. The normalized spacial score (nSPS) is 17.1. The molecule has 3 heterocycles. The van der Waals surface area contributed by atoms with E-state index >= 15 is 0 Å². The Morgan fingerprint density at radius 3 is 1.32 bits per heavy atom. The van der Waals surface area contributed by atoms with Gasteiger partial charge in [-0.3, -0.25) is 0 Å². The van der Waals surface area contributed by atoms with E-state index in [2.05, 4.69) is 392 Å². The lowest BCUT2D eigenvalue weighted by atomic mass is 9.33. The minimum absolute atomic E-state index is 0.0616. The first kappa shape index (κ1) is 63.5. The van der Waals surface area contributed by atoms with Crippen molar-refractivity contribution in [3.63, 3.8) is 0 Å². The molecule has 1 aromatic heterocycles. The summed E-state index contributed by atoms with van der Waals surface area (Å²) in [5, 5.41) is 2.44. The summed E-state index contributed by atoms with van der Waals surface area (Å²) in [6.07, 6.45) is 18.7. The van der Waals surface area contributed by atoms with Crippen LogP contribution in [0.25, 0.3) is 88.7 Å². The van der Waals surface area contributed by atoms with Gasteiger partial charge in [0.1, 0.15) is 0 Å². The Morgan fingerprint density at radius 1 is 0.356 bits per heavy atom. The van der Waals surface area contributed by atoms with E-state index in [0.717, 1.165) is 73.8 Å². The lowest BCUT2D eigenvalue weighted by Gasteiger charge is -2.46. The van der Waals surface area contributed by atoms with Gasteiger partial charge in [-0.15, -0.1) is 0 Å². The Morgan fingerprint density at radius 2 is 0.817 bits per heavy atom. The first-order valence-corrected chi connectivity index (χ1v) is 37.4. The third-order valence-electron chi connectivity index (χ3n) is 23.3. The average Bonchev–Trinajstić information content (AvgIpc) is 0.779. The number of nitrogens with zero attached hydrogens (tertiary/aromatic N) is 3. The molecule has 3 atom stereocenters. The number of benzene rings is 12. The Bertz CT molecular complexity index is 5700. The molecule has 12 aromatic carbocycles. The van der Waals surface area contributed by atoms with Crippen molar-refractivity contribution in [2.45, 2.75) is 79.6 Å². The highest BCUT2D eigenvalue weighted by atomic mass is 15.2. The third kappa shape index (κ3) is 10.4. The van der Waals surface area contributed by atoms with Crippen molar-refractivity contribution in [1.82, 2.24) is 4.57 Å². The highest BCUT2D eigenvalue weighted by Crippen LogP contribution is 2.58. The topological polar surface area (TPSA) is 11.4 Å². The summed E-state index contributed by atoms with van der Waals surface area (Å²) >= 11 is 0. The number of allylic oxidation sites excluding steroid dienone is 12. The summed E-state index contributed by atoms with van der Waals surface area (Å²) < 4.78 is 2.56. The molecule has 0 spiro atoms. The van der Waals surface area contributed by atoms with Crippen molar-refractivity contribution in [1.29, 1.82) is 0 Å². The van der Waals surface area contributed by atoms with E-state index in [4.69, 9.17) is 0 Å². The van der Waals surface area contributed by atoms with Crippen LogP contribution < -0.4 is 26.2 Å². The first-order valence-electron chi connectivity index (χ1n) is 37.4. The molecule has 0 fully saturated rings. The summed E-state index contributed by atoms with van der Waals surface area (Å²) in [6, 6.07) is 104. The van der Waals surface area contributed by atoms with Crippen molar-refractivity contribution < 1.29 is 0 Å². The Labute approximate surface area is 613 Å². The van der Waals surface area contributed by atoms with Gasteiger partial charge in [0, 0.05) is 67.6 Å². The number of anilines is 6. The summed E-state index contributed by atoms with van der Waals surface area (Å²) in [4.78, 5) is 5.48. The van der Waals surface area contributed by atoms with Crippen LogP contribution in [0.15, 0.2) is 338 Å². The van der Waals surface area contributed by atoms with Crippen molar-refractivity contribution in [3.05, 3.63) is 355 Å². The maximum atomic E-state index is 2.76. The molecule has 0 radical (unpaired) electrons. The molecule has 0 saturated carbocycles. The summed E-state index contributed by atoms with van der Waals surface area (Å²) in [6.45, 7) is 21.0. The molecule has 502 valence electrons. The lowest BCUT2D eigenvalue weighted by molar-refractivity contribution is 0.357. The molecule has 4 aliphatic carbocycles. The molecular weight excluding hydrogens is 1250 g/mol. The van der Waals surface area contributed by atoms with Crippen LogP contribution in [0.2, 0.25) is 0 Å². The highest BCUT2D eigenvalue weighted by Gasteiger charge is 2.48. The van der Waals surface area contributed by atoms with E-state index in [9.17, 15) is 0 Å². The molecule has 2 aliphatic heterocycles. The van der Waals surface area contributed by atoms with Gasteiger partial charge in [0.2, 0.25) is 0 Å². The van der Waals surface area contributed by atoms with E-state index < -0.39 is 0 Å². The smallest absolute Gasteiger partial charge is 0.252 e. The number of para-hydroxylation sites is 2. The van der Waals surface area contributed by atoms with Crippen LogP contribution in [0.1, 0.15) is 85.4 Å². The maximum absolute atomic E-state index is 2.76. The van der Waals surface area contributed by atoms with Crippen LogP contribution in [-0.4, -0.2) is 11.3 Å². The minimum atomic E-state index is -0.236. The van der Waals surface area contributed by atoms with Gasteiger partial charge in [0.15, 0.2) is 0 Å². The largest absolute Gasteiger partial charge is 0.310 e. The summed E-state index contributed by atoms with van der Waals surface area (Å²) in [7, 11) is 0. The molecule has 6 aliphatic rings. The van der Waals surface area contributed by atoms with Gasteiger partial charge in [-0.25, -0.2) is 0 Å². The quantitative estimate of drug-likeness (QED) is 0.133. The molecular formula is C100H84BN3. The molecule has 0 saturated heterocycles. The second-order valence-corrected chi connectivity index (χ2v) is 32.8. The van der Waals surface area contributed by atoms with E-state index in [1.54, 1.807) is 0 Å². The van der Waals surface area contributed by atoms with Gasteiger partial charge >= 0.3 is 0 Å². The second-order valence-electron chi connectivity index (χ2n) is 32.8. The summed E-state index contributed by atoms with van der Waals surface area (Å²) in [5.41, 5.74) is 36.3. The van der Waals surface area contributed by atoms with Crippen LogP contribution in [0.4, 0.5) is 34.1 Å². The van der Waals surface area contributed by atoms with Gasteiger partial charge in [0.25, 0.3) is 6.71 Å². The molecule has 19 rings (SSSR count). The molecule has 3 unspecified atom stereocenters. The zero-order valence-electron chi connectivity index (χ0n) is 60.9. The van der Waals surface area contributed by atoms with E-state index in [1.165, 1.54) is 111 Å². The monoisotopic (exact) mass is 1340 g/mol. The van der Waals surface area contributed by atoms with Crippen LogP contribution >= 0.6 is 0 Å². The van der Waals surface area contributed by atoms with Gasteiger partial charge in [-0.2, -0.15) is 0 Å². The zero-order chi connectivity index (χ0) is 70.5. The number of hydrogen-bond acceptors (Lipinski definition) is 2. The van der Waals surface area contributed by atoms with Gasteiger partial charge in [-0.1, -0.05) is 317 Å². The number of fused-ring (bicyclic) bond motifs is 7. The molecule has 0 N–H and O–H groups in total. The molecule has 0 amide bonds. The van der Waals surface area contributed by atoms with E-state index in [1.807, 2.05) is 0 Å². The van der Waals surface area contributed by atoms with Crippen molar-refractivity contribution in [2.75, 3.05) is 9.80 Å². The molecule has 3 nitrogen and oxygen atoms in total. The van der Waals surface area contributed by atoms with Crippen molar-refractivity contribution in [2.24, 2.45) is 23.2 Å². The first-order chi connectivity index (χ1) is 50.5.